The highest BCUT2D eigenvalue weighted by molar-refractivity contribution is 8.00. The lowest BCUT2D eigenvalue weighted by Crippen LogP contribution is -2.37. The predicted molar refractivity (Wildman–Crippen MR) is 70.6 cm³/mol. The molecule has 0 saturated heterocycles. The number of hydrogen-bond acceptors (Lipinski definition) is 3. The predicted octanol–water partition coefficient (Wildman–Crippen LogP) is 1.91. The van der Waals surface area contributed by atoms with Gasteiger partial charge in [0.2, 0.25) is 5.91 Å². The number of nitrogens with two attached hydrogens (primary N) is 1. The van der Waals surface area contributed by atoms with Gasteiger partial charge in [-0.25, -0.2) is 0 Å². The molecule has 0 heterocycles. The van der Waals surface area contributed by atoms with Gasteiger partial charge in [0.25, 0.3) is 0 Å². The van der Waals surface area contributed by atoms with Crippen molar-refractivity contribution in [2.24, 2.45) is 5.73 Å². The van der Waals surface area contributed by atoms with E-state index in [1.165, 1.54) is 19.3 Å². The van der Waals surface area contributed by atoms with Gasteiger partial charge < -0.3 is 11.1 Å². The van der Waals surface area contributed by atoms with E-state index in [2.05, 4.69) is 12.2 Å². The normalized spacial score (nSPS) is 19.4. The summed E-state index contributed by atoms with van der Waals surface area (Å²) < 4.78 is 0. The summed E-state index contributed by atoms with van der Waals surface area (Å²) in [4.78, 5) is 11.7. The van der Waals surface area contributed by atoms with Crippen molar-refractivity contribution in [2.45, 2.75) is 56.7 Å². The van der Waals surface area contributed by atoms with E-state index in [0.29, 0.717) is 23.6 Å². The third-order valence-electron chi connectivity index (χ3n) is 3.04. The van der Waals surface area contributed by atoms with Crippen LogP contribution in [0.2, 0.25) is 0 Å². The van der Waals surface area contributed by atoms with Gasteiger partial charge in [-0.05, 0) is 25.8 Å². The Labute approximate surface area is 103 Å². The monoisotopic (exact) mass is 244 g/mol. The van der Waals surface area contributed by atoms with E-state index in [9.17, 15) is 4.79 Å². The Morgan fingerprint density at radius 2 is 2.12 bits per heavy atom. The van der Waals surface area contributed by atoms with Crippen molar-refractivity contribution in [3.8, 4) is 0 Å². The molecule has 0 spiro atoms. The van der Waals surface area contributed by atoms with Crippen molar-refractivity contribution in [1.29, 1.82) is 0 Å². The van der Waals surface area contributed by atoms with Crippen molar-refractivity contribution < 1.29 is 4.79 Å². The average Bonchev–Trinajstić information content (AvgIpc) is 2.28. The number of amides is 1. The zero-order chi connectivity index (χ0) is 11.8. The first kappa shape index (κ1) is 13.8. The Morgan fingerprint density at radius 3 is 2.75 bits per heavy atom. The molecular formula is C12H24N2OS. The summed E-state index contributed by atoms with van der Waals surface area (Å²) in [6.45, 7) is 2.84. The molecule has 1 aliphatic rings. The SMILES string of the molecule is CC(CCN)SCC(=O)NC1CCCCC1. The van der Waals surface area contributed by atoms with Crippen LogP contribution in [0, 0.1) is 0 Å². The van der Waals surface area contributed by atoms with Crippen LogP contribution in [0.5, 0.6) is 0 Å². The summed E-state index contributed by atoms with van der Waals surface area (Å²) in [7, 11) is 0. The molecule has 1 fully saturated rings. The summed E-state index contributed by atoms with van der Waals surface area (Å²) >= 11 is 1.71. The van der Waals surface area contributed by atoms with E-state index in [1.807, 2.05) is 0 Å². The van der Waals surface area contributed by atoms with Gasteiger partial charge >= 0.3 is 0 Å². The zero-order valence-electron chi connectivity index (χ0n) is 10.2. The molecule has 0 aliphatic heterocycles. The summed E-state index contributed by atoms with van der Waals surface area (Å²) in [6, 6.07) is 0.437. The maximum absolute atomic E-state index is 11.7. The minimum absolute atomic E-state index is 0.195. The van der Waals surface area contributed by atoms with Crippen LogP contribution in [-0.4, -0.2) is 29.5 Å². The molecule has 3 nitrogen and oxygen atoms in total. The number of hydrogen-bond donors (Lipinski definition) is 2. The van der Waals surface area contributed by atoms with Crippen molar-refractivity contribution in [1.82, 2.24) is 5.32 Å². The first-order chi connectivity index (χ1) is 7.72. The Kier molecular flexibility index (Phi) is 6.88. The smallest absolute Gasteiger partial charge is 0.230 e. The van der Waals surface area contributed by atoms with Gasteiger partial charge in [0.1, 0.15) is 0 Å². The van der Waals surface area contributed by atoms with Gasteiger partial charge in [-0.3, -0.25) is 4.79 Å². The molecule has 94 valence electrons. The quantitative estimate of drug-likeness (QED) is 0.750. The molecular weight excluding hydrogens is 220 g/mol. The summed E-state index contributed by atoms with van der Waals surface area (Å²) in [5.41, 5.74) is 5.47. The van der Waals surface area contributed by atoms with Crippen molar-refractivity contribution in [2.75, 3.05) is 12.3 Å². The second-order valence-electron chi connectivity index (χ2n) is 4.60. The molecule has 1 saturated carbocycles. The lowest BCUT2D eigenvalue weighted by atomic mass is 9.95. The highest BCUT2D eigenvalue weighted by Gasteiger charge is 2.15. The molecule has 0 radical (unpaired) electrons. The molecule has 0 bridgehead atoms. The van der Waals surface area contributed by atoms with E-state index in [1.54, 1.807) is 11.8 Å². The van der Waals surface area contributed by atoms with Crippen LogP contribution in [0.15, 0.2) is 0 Å². The lowest BCUT2D eigenvalue weighted by Gasteiger charge is -2.23. The van der Waals surface area contributed by atoms with Crippen LogP contribution < -0.4 is 11.1 Å². The van der Waals surface area contributed by atoms with Gasteiger partial charge in [-0.2, -0.15) is 0 Å². The van der Waals surface area contributed by atoms with E-state index < -0.39 is 0 Å². The van der Waals surface area contributed by atoms with Crippen molar-refractivity contribution in [3.63, 3.8) is 0 Å². The number of carbonyl (C=O) groups is 1. The summed E-state index contributed by atoms with van der Waals surface area (Å²) in [5, 5.41) is 3.61. The number of carbonyl (C=O) groups excluding carboxylic acids is 1. The number of nitrogens with one attached hydrogen (secondary N) is 1. The third kappa shape index (κ3) is 5.75. The van der Waals surface area contributed by atoms with Crippen molar-refractivity contribution in [3.05, 3.63) is 0 Å². The van der Waals surface area contributed by atoms with Crippen LogP contribution in [0.25, 0.3) is 0 Å². The zero-order valence-corrected chi connectivity index (χ0v) is 11.0. The summed E-state index contributed by atoms with van der Waals surface area (Å²) in [5.74, 6) is 0.776. The largest absolute Gasteiger partial charge is 0.353 e. The number of rotatable bonds is 6. The minimum atomic E-state index is 0.195. The third-order valence-corrected chi connectivity index (χ3v) is 4.28. The molecule has 0 aromatic heterocycles. The fourth-order valence-electron chi connectivity index (χ4n) is 2.05. The molecule has 0 aromatic rings. The molecule has 0 aromatic carbocycles. The molecule has 1 rings (SSSR count). The maximum atomic E-state index is 11.7. The standard InChI is InChI=1S/C12H24N2OS/c1-10(7-8-13)16-9-12(15)14-11-5-3-2-4-6-11/h10-11H,2-9,13H2,1H3,(H,14,15). The van der Waals surface area contributed by atoms with Crippen LogP contribution in [0.4, 0.5) is 0 Å². The Morgan fingerprint density at radius 1 is 1.44 bits per heavy atom. The minimum Gasteiger partial charge on any atom is -0.353 e. The van der Waals surface area contributed by atoms with E-state index in [-0.39, 0.29) is 5.91 Å². The highest BCUT2D eigenvalue weighted by Crippen LogP contribution is 2.18. The summed E-state index contributed by atoms with van der Waals surface area (Å²) in [6.07, 6.45) is 7.17. The first-order valence-electron chi connectivity index (χ1n) is 6.33. The second kappa shape index (κ2) is 7.96. The highest BCUT2D eigenvalue weighted by atomic mass is 32.2. The fourth-order valence-corrected chi connectivity index (χ4v) is 2.87. The average molecular weight is 244 g/mol. The Balaban J connectivity index is 2.10. The second-order valence-corrected chi connectivity index (χ2v) is 6.03. The Bertz CT molecular complexity index is 205. The molecule has 16 heavy (non-hydrogen) atoms. The van der Waals surface area contributed by atoms with Gasteiger partial charge in [-0.15, -0.1) is 11.8 Å². The molecule has 3 N–H and O–H groups in total. The topological polar surface area (TPSA) is 55.1 Å². The Hall–Kier alpha value is -0.220. The van der Waals surface area contributed by atoms with Crippen molar-refractivity contribution >= 4 is 17.7 Å². The van der Waals surface area contributed by atoms with Crippen LogP contribution in [0.3, 0.4) is 0 Å². The molecule has 1 amide bonds. The van der Waals surface area contributed by atoms with Gasteiger partial charge in [0.05, 0.1) is 5.75 Å². The molecule has 1 aliphatic carbocycles. The lowest BCUT2D eigenvalue weighted by molar-refractivity contribution is -0.119. The van der Waals surface area contributed by atoms with E-state index in [0.717, 1.165) is 19.3 Å². The van der Waals surface area contributed by atoms with Crippen LogP contribution in [0.1, 0.15) is 45.4 Å². The first-order valence-corrected chi connectivity index (χ1v) is 7.38. The van der Waals surface area contributed by atoms with E-state index in [4.69, 9.17) is 5.73 Å². The molecule has 1 atom stereocenters. The maximum Gasteiger partial charge on any atom is 0.230 e. The number of thioether (sulfide) groups is 1. The fraction of sp³-hybridized carbons (Fsp3) is 0.917. The van der Waals surface area contributed by atoms with Gasteiger partial charge in [0, 0.05) is 11.3 Å². The van der Waals surface area contributed by atoms with Crippen LogP contribution >= 0.6 is 11.8 Å². The van der Waals surface area contributed by atoms with Gasteiger partial charge in [0.15, 0.2) is 0 Å². The molecule has 4 heteroatoms. The van der Waals surface area contributed by atoms with E-state index >= 15 is 0 Å². The molecule has 1 unspecified atom stereocenters. The van der Waals surface area contributed by atoms with Gasteiger partial charge in [-0.1, -0.05) is 26.2 Å². The van der Waals surface area contributed by atoms with Crippen LogP contribution in [-0.2, 0) is 4.79 Å².